The summed E-state index contributed by atoms with van der Waals surface area (Å²) in [6.07, 6.45) is 0. The summed E-state index contributed by atoms with van der Waals surface area (Å²) >= 11 is 0. The lowest BCUT2D eigenvalue weighted by molar-refractivity contribution is 0.476. The van der Waals surface area contributed by atoms with Gasteiger partial charge in [0.05, 0.1) is 0 Å². The number of phenolic OH excluding ortho intramolecular Hbond substituents is 1. The van der Waals surface area contributed by atoms with Gasteiger partial charge >= 0.3 is 0 Å². The minimum Gasteiger partial charge on any atom is -0.508 e. The highest BCUT2D eigenvalue weighted by molar-refractivity contribution is 5.87. The Hall–Kier alpha value is -2.22. The molecule has 2 nitrogen and oxygen atoms in total. The number of hydrogen-bond donors (Lipinski definition) is 2. The minimum absolute atomic E-state index is 0.299. The van der Waals surface area contributed by atoms with Gasteiger partial charge in [-0.25, -0.2) is 0 Å². The molecule has 3 aromatic rings. The van der Waals surface area contributed by atoms with Gasteiger partial charge in [0.15, 0.2) is 0 Å². The molecule has 0 amide bonds. The molecule has 0 fully saturated rings. The van der Waals surface area contributed by atoms with Crippen LogP contribution >= 0.6 is 0 Å². The van der Waals surface area contributed by atoms with Crippen LogP contribution < -0.4 is 0 Å². The van der Waals surface area contributed by atoms with Crippen molar-refractivity contribution in [2.45, 2.75) is 6.92 Å². The summed E-state index contributed by atoms with van der Waals surface area (Å²) < 4.78 is 0. The van der Waals surface area contributed by atoms with Gasteiger partial charge in [0.25, 0.3) is 0 Å². The first-order valence-electron chi connectivity index (χ1n) is 5.62. The summed E-state index contributed by atoms with van der Waals surface area (Å²) in [5.74, 6) is 0.299. The molecule has 0 atom stereocenters. The van der Waals surface area contributed by atoms with Gasteiger partial charge in [0.2, 0.25) is 0 Å². The number of H-pyrrole nitrogens is 1. The van der Waals surface area contributed by atoms with E-state index in [1.54, 1.807) is 12.1 Å². The van der Waals surface area contributed by atoms with Gasteiger partial charge in [-0.15, -0.1) is 0 Å². The van der Waals surface area contributed by atoms with Gasteiger partial charge in [-0.2, -0.15) is 0 Å². The highest BCUT2D eigenvalue weighted by Gasteiger charge is 2.05. The SMILES string of the molecule is Cc1ccccc1-c1cc2cc(O)ccc2[nH]1. The second-order valence-corrected chi connectivity index (χ2v) is 4.27. The quantitative estimate of drug-likeness (QED) is 0.645. The molecular formula is C15H13NO. The average molecular weight is 223 g/mol. The number of aromatic amines is 1. The number of benzene rings is 2. The zero-order valence-corrected chi connectivity index (χ0v) is 9.57. The smallest absolute Gasteiger partial charge is 0.116 e. The van der Waals surface area contributed by atoms with E-state index in [2.05, 4.69) is 30.1 Å². The first kappa shape index (κ1) is 9.97. The third-order valence-corrected chi connectivity index (χ3v) is 3.04. The molecule has 0 aliphatic carbocycles. The summed E-state index contributed by atoms with van der Waals surface area (Å²) in [4.78, 5) is 3.37. The highest BCUT2D eigenvalue weighted by atomic mass is 16.3. The fourth-order valence-corrected chi connectivity index (χ4v) is 2.14. The molecular weight excluding hydrogens is 210 g/mol. The van der Waals surface area contributed by atoms with E-state index in [4.69, 9.17) is 0 Å². The van der Waals surface area contributed by atoms with E-state index < -0.39 is 0 Å². The number of rotatable bonds is 1. The number of aromatic hydroxyl groups is 1. The predicted molar refractivity (Wildman–Crippen MR) is 70.1 cm³/mol. The standard InChI is InChI=1S/C15H13NO/c1-10-4-2-3-5-13(10)15-9-11-8-12(17)6-7-14(11)16-15/h2-9,16-17H,1H3. The molecule has 0 radical (unpaired) electrons. The van der Waals surface area contributed by atoms with Crippen molar-refractivity contribution in [3.05, 3.63) is 54.1 Å². The Morgan fingerprint density at radius 3 is 2.65 bits per heavy atom. The summed E-state index contributed by atoms with van der Waals surface area (Å²) in [5, 5.41) is 10.5. The second kappa shape index (κ2) is 3.67. The van der Waals surface area contributed by atoms with E-state index in [1.807, 2.05) is 18.2 Å². The molecule has 0 saturated heterocycles. The largest absolute Gasteiger partial charge is 0.508 e. The van der Waals surface area contributed by atoms with Crippen molar-refractivity contribution in [3.8, 4) is 17.0 Å². The van der Waals surface area contributed by atoms with Crippen molar-refractivity contribution in [2.75, 3.05) is 0 Å². The van der Waals surface area contributed by atoms with Crippen LogP contribution in [-0.2, 0) is 0 Å². The van der Waals surface area contributed by atoms with Crippen molar-refractivity contribution < 1.29 is 5.11 Å². The maximum Gasteiger partial charge on any atom is 0.116 e. The van der Waals surface area contributed by atoms with Crippen molar-refractivity contribution in [1.29, 1.82) is 0 Å². The molecule has 2 aromatic carbocycles. The number of phenols is 1. The lowest BCUT2D eigenvalue weighted by atomic mass is 10.1. The van der Waals surface area contributed by atoms with Crippen LogP contribution in [0.15, 0.2) is 48.5 Å². The van der Waals surface area contributed by atoms with E-state index in [0.717, 1.165) is 16.6 Å². The zero-order chi connectivity index (χ0) is 11.8. The summed E-state index contributed by atoms with van der Waals surface area (Å²) in [5.41, 5.74) is 4.57. The molecule has 84 valence electrons. The first-order chi connectivity index (χ1) is 8.24. The van der Waals surface area contributed by atoms with E-state index in [9.17, 15) is 5.11 Å². The van der Waals surface area contributed by atoms with Crippen LogP contribution in [0.4, 0.5) is 0 Å². The summed E-state index contributed by atoms with van der Waals surface area (Å²) in [7, 11) is 0. The molecule has 3 rings (SSSR count). The monoisotopic (exact) mass is 223 g/mol. The number of hydrogen-bond acceptors (Lipinski definition) is 1. The van der Waals surface area contributed by atoms with Gasteiger partial charge in [-0.1, -0.05) is 24.3 Å². The fraction of sp³-hybridized carbons (Fsp3) is 0.0667. The minimum atomic E-state index is 0.299. The van der Waals surface area contributed by atoms with Gasteiger partial charge < -0.3 is 10.1 Å². The van der Waals surface area contributed by atoms with Crippen molar-refractivity contribution in [3.63, 3.8) is 0 Å². The van der Waals surface area contributed by atoms with Crippen LogP contribution in [0.1, 0.15) is 5.56 Å². The molecule has 0 aliphatic rings. The van der Waals surface area contributed by atoms with E-state index >= 15 is 0 Å². The van der Waals surface area contributed by atoms with E-state index in [0.29, 0.717) is 5.75 Å². The molecule has 1 heterocycles. The molecule has 0 aliphatic heterocycles. The summed E-state index contributed by atoms with van der Waals surface area (Å²) in [6.45, 7) is 2.10. The molecule has 1 aromatic heterocycles. The molecule has 2 N–H and O–H groups in total. The normalized spacial score (nSPS) is 10.9. The van der Waals surface area contributed by atoms with Crippen molar-refractivity contribution >= 4 is 10.9 Å². The second-order valence-electron chi connectivity index (χ2n) is 4.27. The van der Waals surface area contributed by atoms with Crippen molar-refractivity contribution in [2.24, 2.45) is 0 Å². The third kappa shape index (κ3) is 1.68. The Labute approximate surface area is 99.5 Å². The fourth-order valence-electron chi connectivity index (χ4n) is 2.14. The Kier molecular flexibility index (Phi) is 2.15. The number of aromatic nitrogens is 1. The van der Waals surface area contributed by atoms with Crippen LogP contribution in [0.25, 0.3) is 22.2 Å². The lowest BCUT2D eigenvalue weighted by Gasteiger charge is -2.01. The van der Waals surface area contributed by atoms with Gasteiger partial charge in [0, 0.05) is 22.2 Å². The maximum absolute atomic E-state index is 9.45. The number of fused-ring (bicyclic) bond motifs is 1. The zero-order valence-electron chi connectivity index (χ0n) is 9.57. The van der Waals surface area contributed by atoms with Gasteiger partial charge in [-0.3, -0.25) is 0 Å². The molecule has 0 bridgehead atoms. The highest BCUT2D eigenvalue weighted by Crippen LogP contribution is 2.28. The Bertz CT molecular complexity index is 682. The molecule has 0 saturated carbocycles. The third-order valence-electron chi connectivity index (χ3n) is 3.04. The van der Waals surface area contributed by atoms with Crippen LogP contribution in [-0.4, -0.2) is 10.1 Å². The van der Waals surface area contributed by atoms with E-state index in [1.165, 1.54) is 11.1 Å². The van der Waals surface area contributed by atoms with Crippen LogP contribution in [0, 0.1) is 6.92 Å². The Morgan fingerprint density at radius 1 is 1.00 bits per heavy atom. The van der Waals surface area contributed by atoms with Crippen molar-refractivity contribution in [1.82, 2.24) is 4.98 Å². The predicted octanol–water partition coefficient (Wildman–Crippen LogP) is 3.85. The van der Waals surface area contributed by atoms with E-state index in [-0.39, 0.29) is 0 Å². The number of nitrogens with one attached hydrogen (secondary N) is 1. The Morgan fingerprint density at radius 2 is 1.82 bits per heavy atom. The maximum atomic E-state index is 9.45. The Balaban J connectivity index is 2.22. The topological polar surface area (TPSA) is 36.0 Å². The lowest BCUT2D eigenvalue weighted by Crippen LogP contribution is -1.81. The first-order valence-corrected chi connectivity index (χ1v) is 5.62. The molecule has 17 heavy (non-hydrogen) atoms. The summed E-state index contributed by atoms with van der Waals surface area (Å²) in [6, 6.07) is 15.7. The molecule has 0 unspecified atom stereocenters. The van der Waals surface area contributed by atoms with Crippen LogP contribution in [0.3, 0.4) is 0 Å². The molecule has 2 heteroatoms. The number of aryl methyl sites for hydroxylation is 1. The van der Waals surface area contributed by atoms with Crippen LogP contribution in [0.5, 0.6) is 5.75 Å². The molecule has 0 spiro atoms. The van der Waals surface area contributed by atoms with Crippen LogP contribution in [0.2, 0.25) is 0 Å². The van der Waals surface area contributed by atoms with Gasteiger partial charge in [-0.05, 0) is 36.8 Å². The average Bonchev–Trinajstić information content (AvgIpc) is 2.72. The van der Waals surface area contributed by atoms with Gasteiger partial charge in [0.1, 0.15) is 5.75 Å².